The summed E-state index contributed by atoms with van der Waals surface area (Å²) in [4.78, 5) is 1.83. The summed E-state index contributed by atoms with van der Waals surface area (Å²) in [5.41, 5.74) is 0. The van der Waals surface area contributed by atoms with Crippen molar-refractivity contribution < 1.29 is 8.42 Å². The normalized spacial score (nSPS) is 27.9. The van der Waals surface area contributed by atoms with Crippen molar-refractivity contribution >= 4 is 43.6 Å². The Morgan fingerprint density at radius 1 is 1.45 bits per heavy atom. The molecule has 0 unspecified atom stereocenters. The third-order valence-corrected chi connectivity index (χ3v) is 6.40. The van der Waals surface area contributed by atoms with E-state index in [0.29, 0.717) is 16.2 Å². The van der Waals surface area contributed by atoms with Gasteiger partial charge >= 0.3 is 0 Å². The molecule has 1 aromatic rings. The molecule has 20 heavy (non-hydrogen) atoms. The first kappa shape index (κ1) is 14.2. The highest BCUT2D eigenvalue weighted by Gasteiger charge is 2.48. The molecule has 9 heteroatoms. The summed E-state index contributed by atoms with van der Waals surface area (Å²) in [6.07, 6.45) is 0.873. The van der Waals surface area contributed by atoms with Gasteiger partial charge in [-0.2, -0.15) is 0 Å². The molecular formula is C11H16N4O2S3. The van der Waals surface area contributed by atoms with Crippen LogP contribution in [0.3, 0.4) is 0 Å². The Balaban J connectivity index is 1.85. The SMILES string of the molecule is CC(C)Cc1nnc(N2C(=S)N[C@H]3CS(=O)(=O)C[C@@H]32)s1. The number of aromatic nitrogens is 2. The van der Waals surface area contributed by atoms with Crippen LogP contribution in [0.5, 0.6) is 0 Å². The number of nitrogens with one attached hydrogen (secondary N) is 1. The largest absolute Gasteiger partial charge is 0.356 e. The van der Waals surface area contributed by atoms with Gasteiger partial charge in [-0.1, -0.05) is 25.2 Å². The van der Waals surface area contributed by atoms with E-state index in [1.54, 1.807) is 0 Å². The van der Waals surface area contributed by atoms with E-state index in [2.05, 4.69) is 29.4 Å². The maximum atomic E-state index is 11.7. The maximum absolute atomic E-state index is 11.7. The summed E-state index contributed by atoms with van der Waals surface area (Å²) in [6, 6.07) is -0.266. The highest BCUT2D eigenvalue weighted by molar-refractivity contribution is 7.91. The van der Waals surface area contributed by atoms with Crippen molar-refractivity contribution in [3.63, 3.8) is 0 Å². The summed E-state index contributed by atoms with van der Waals surface area (Å²) >= 11 is 6.80. The van der Waals surface area contributed by atoms with Gasteiger partial charge in [0.25, 0.3) is 0 Å². The molecule has 0 spiro atoms. The van der Waals surface area contributed by atoms with Gasteiger partial charge in [-0.15, -0.1) is 10.2 Å². The van der Waals surface area contributed by atoms with Gasteiger partial charge in [-0.05, 0) is 18.1 Å². The minimum absolute atomic E-state index is 0.120. The number of sulfone groups is 1. The smallest absolute Gasteiger partial charge is 0.214 e. The lowest BCUT2D eigenvalue weighted by molar-refractivity contribution is 0.600. The number of anilines is 1. The minimum atomic E-state index is -2.99. The topological polar surface area (TPSA) is 75.2 Å². The van der Waals surface area contributed by atoms with E-state index in [1.807, 2.05) is 4.90 Å². The summed E-state index contributed by atoms with van der Waals surface area (Å²) in [6.45, 7) is 4.26. The zero-order valence-corrected chi connectivity index (χ0v) is 13.7. The van der Waals surface area contributed by atoms with E-state index in [-0.39, 0.29) is 23.6 Å². The summed E-state index contributed by atoms with van der Waals surface area (Å²) in [7, 11) is -2.99. The fourth-order valence-electron chi connectivity index (χ4n) is 2.60. The van der Waals surface area contributed by atoms with Crippen LogP contribution in [0.25, 0.3) is 0 Å². The van der Waals surface area contributed by atoms with E-state index in [0.717, 1.165) is 11.4 Å². The van der Waals surface area contributed by atoms with Crippen LogP contribution >= 0.6 is 23.6 Å². The average molecular weight is 332 g/mol. The second kappa shape index (κ2) is 4.88. The molecule has 0 amide bonds. The van der Waals surface area contributed by atoms with Crippen molar-refractivity contribution in [2.24, 2.45) is 5.92 Å². The molecule has 1 aromatic heterocycles. The van der Waals surface area contributed by atoms with Gasteiger partial charge in [0, 0.05) is 6.42 Å². The number of fused-ring (bicyclic) bond motifs is 1. The Labute approximate surface area is 127 Å². The first-order valence-corrected chi connectivity index (χ1v) is 9.53. The van der Waals surface area contributed by atoms with Crippen LogP contribution in [-0.2, 0) is 16.3 Å². The first-order chi connectivity index (χ1) is 9.35. The van der Waals surface area contributed by atoms with Crippen molar-refractivity contribution in [1.29, 1.82) is 0 Å². The third-order valence-electron chi connectivity index (χ3n) is 3.43. The molecule has 2 saturated heterocycles. The van der Waals surface area contributed by atoms with Gasteiger partial charge < -0.3 is 5.32 Å². The maximum Gasteiger partial charge on any atom is 0.214 e. The van der Waals surface area contributed by atoms with Crippen LogP contribution in [0, 0.1) is 5.92 Å². The van der Waals surface area contributed by atoms with Crippen molar-refractivity contribution in [2.75, 3.05) is 16.4 Å². The zero-order chi connectivity index (χ0) is 14.5. The van der Waals surface area contributed by atoms with Crippen molar-refractivity contribution in [2.45, 2.75) is 32.4 Å². The summed E-state index contributed by atoms with van der Waals surface area (Å²) in [5.74, 6) is 0.787. The van der Waals surface area contributed by atoms with Crippen LogP contribution in [0.2, 0.25) is 0 Å². The van der Waals surface area contributed by atoms with E-state index in [4.69, 9.17) is 12.2 Å². The number of hydrogen-bond acceptors (Lipinski definition) is 6. The van der Waals surface area contributed by atoms with E-state index >= 15 is 0 Å². The monoisotopic (exact) mass is 332 g/mol. The number of thiocarbonyl (C=S) groups is 1. The van der Waals surface area contributed by atoms with E-state index < -0.39 is 9.84 Å². The Bertz CT molecular complexity index is 640. The van der Waals surface area contributed by atoms with Gasteiger partial charge in [0.2, 0.25) is 5.13 Å². The Morgan fingerprint density at radius 2 is 2.20 bits per heavy atom. The molecule has 0 aromatic carbocycles. The summed E-state index contributed by atoms with van der Waals surface area (Å²) in [5, 5.41) is 13.7. The highest BCUT2D eigenvalue weighted by Crippen LogP contribution is 2.32. The molecule has 2 aliphatic rings. The fraction of sp³-hybridized carbons (Fsp3) is 0.727. The first-order valence-electron chi connectivity index (χ1n) is 6.48. The molecule has 0 saturated carbocycles. The molecular weight excluding hydrogens is 316 g/mol. The minimum Gasteiger partial charge on any atom is -0.356 e. The van der Waals surface area contributed by atoms with Crippen molar-refractivity contribution in [3.05, 3.63) is 5.01 Å². The van der Waals surface area contributed by atoms with Crippen molar-refractivity contribution in [1.82, 2.24) is 15.5 Å². The molecule has 1 N–H and O–H groups in total. The molecule has 0 radical (unpaired) electrons. The predicted molar refractivity (Wildman–Crippen MR) is 82.9 cm³/mol. The lowest BCUT2D eigenvalue weighted by Gasteiger charge is -2.18. The quantitative estimate of drug-likeness (QED) is 0.812. The van der Waals surface area contributed by atoms with Crippen LogP contribution < -0.4 is 10.2 Å². The third kappa shape index (κ3) is 2.53. The number of rotatable bonds is 3. The zero-order valence-electron chi connectivity index (χ0n) is 11.2. The molecule has 3 rings (SSSR count). The lowest BCUT2D eigenvalue weighted by atomic mass is 10.1. The molecule has 3 heterocycles. The Hall–Kier alpha value is -0.800. The Morgan fingerprint density at radius 3 is 2.90 bits per heavy atom. The predicted octanol–water partition coefficient (Wildman–Crippen LogP) is 0.597. The fourth-order valence-corrected chi connectivity index (χ4v) is 6.04. The van der Waals surface area contributed by atoms with Crippen LogP contribution in [0.1, 0.15) is 18.9 Å². The van der Waals surface area contributed by atoms with Crippen LogP contribution in [0.15, 0.2) is 0 Å². The van der Waals surface area contributed by atoms with Crippen molar-refractivity contribution in [3.8, 4) is 0 Å². The highest BCUT2D eigenvalue weighted by atomic mass is 32.2. The van der Waals surface area contributed by atoms with Gasteiger partial charge in [-0.3, -0.25) is 4.90 Å². The lowest BCUT2D eigenvalue weighted by Crippen LogP contribution is -2.36. The number of hydrogen-bond donors (Lipinski definition) is 1. The number of nitrogens with zero attached hydrogens (tertiary/aromatic N) is 3. The Kier molecular flexibility index (Phi) is 3.46. The van der Waals surface area contributed by atoms with E-state index in [9.17, 15) is 8.42 Å². The molecule has 0 aliphatic carbocycles. The van der Waals surface area contributed by atoms with Gasteiger partial charge in [-0.25, -0.2) is 8.42 Å². The molecule has 2 atom stereocenters. The molecule has 0 bridgehead atoms. The van der Waals surface area contributed by atoms with Gasteiger partial charge in [0.05, 0.1) is 23.6 Å². The van der Waals surface area contributed by atoms with Gasteiger partial charge in [0.15, 0.2) is 14.9 Å². The second-order valence-corrected chi connectivity index (χ2v) is 9.23. The molecule has 110 valence electrons. The van der Waals surface area contributed by atoms with E-state index in [1.165, 1.54) is 11.3 Å². The molecule has 6 nitrogen and oxygen atoms in total. The second-order valence-electron chi connectivity index (χ2n) is 5.65. The standard InChI is InChI=1S/C11H16N4O2S3/c1-6(2)3-9-13-14-11(19-9)15-8-5-20(16,17)4-7(8)12-10(15)18/h6-8H,3-5H2,1-2H3,(H,12,18)/t7-,8-/m0/s1. The van der Waals surface area contributed by atoms with Crippen LogP contribution in [-0.4, -0.2) is 47.3 Å². The summed E-state index contributed by atoms with van der Waals surface area (Å²) < 4.78 is 23.5. The van der Waals surface area contributed by atoms with Crippen LogP contribution in [0.4, 0.5) is 5.13 Å². The molecule has 2 aliphatic heterocycles. The molecule has 2 fully saturated rings. The van der Waals surface area contributed by atoms with Gasteiger partial charge in [0.1, 0.15) is 5.01 Å². The average Bonchev–Trinajstić information content (AvgIpc) is 2.90.